The third-order valence-electron chi connectivity index (χ3n) is 8.60. The Labute approximate surface area is 309 Å². The Morgan fingerprint density at radius 1 is 0.961 bits per heavy atom. The highest BCUT2D eigenvalue weighted by Gasteiger charge is 2.36. The number of hydrogen-bond acceptors (Lipinski definition) is 8. The van der Waals surface area contributed by atoms with Crippen molar-refractivity contribution in [1.82, 2.24) is 15.5 Å². The number of nitrogens with one attached hydrogen (secondary N) is 2. The van der Waals surface area contributed by atoms with Crippen LogP contribution < -0.4 is 15.8 Å². The molecule has 0 bridgehead atoms. The summed E-state index contributed by atoms with van der Waals surface area (Å²) in [5.41, 5.74) is 3.19. The van der Waals surface area contributed by atoms with Crippen LogP contribution in [0.2, 0.25) is 5.02 Å². The molecule has 0 saturated carbocycles. The van der Waals surface area contributed by atoms with Gasteiger partial charge in [0.25, 0.3) is 5.91 Å². The number of aliphatic carboxylic acids is 1. The minimum Gasteiger partial charge on any atom is -0.480 e. The van der Waals surface area contributed by atoms with Gasteiger partial charge in [0, 0.05) is 18.2 Å². The van der Waals surface area contributed by atoms with Gasteiger partial charge in [-0.15, -0.1) is 12.4 Å². The van der Waals surface area contributed by atoms with Crippen LogP contribution in [-0.2, 0) is 48.4 Å². The van der Waals surface area contributed by atoms with Gasteiger partial charge in [0.1, 0.15) is 17.5 Å². The average Bonchev–Trinajstić information content (AvgIpc) is 3.52. The molecule has 4 rings (SSSR count). The third kappa shape index (κ3) is 12.0. The highest BCUT2D eigenvalue weighted by molar-refractivity contribution is 7.89. The summed E-state index contributed by atoms with van der Waals surface area (Å²) >= 11 is 5.94. The van der Waals surface area contributed by atoms with E-state index in [1.54, 1.807) is 6.92 Å². The van der Waals surface area contributed by atoms with E-state index in [4.69, 9.17) is 21.5 Å². The molecule has 15 heteroatoms. The molecule has 2 atom stereocenters. The number of nitrogens with zero attached hydrogens (tertiary/aromatic N) is 1. The number of rotatable bonds is 18. The zero-order valence-electron chi connectivity index (χ0n) is 28.3. The van der Waals surface area contributed by atoms with E-state index in [1.807, 2.05) is 54.6 Å². The molecule has 0 radical (unpaired) electrons. The number of unbranched alkanes of at least 4 members (excludes halogenated alkanes) is 1. The van der Waals surface area contributed by atoms with Crippen LogP contribution in [0.5, 0.6) is 0 Å². The molecule has 2 amide bonds. The summed E-state index contributed by atoms with van der Waals surface area (Å²) in [5.74, 6) is -2.61. The fourth-order valence-electron chi connectivity index (χ4n) is 6.12. The summed E-state index contributed by atoms with van der Waals surface area (Å²) in [6, 6.07) is 19.0. The number of carboxylic acids is 1. The summed E-state index contributed by atoms with van der Waals surface area (Å²) in [6.07, 6.45) is 3.00. The molecule has 0 heterocycles. The Balaban J connectivity index is 0.00000702. The minimum absolute atomic E-state index is 0. The molecule has 0 unspecified atom stereocenters. The number of benzene rings is 3. The van der Waals surface area contributed by atoms with Gasteiger partial charge in [0.15, 0.2) is 0 Å². The molecule has 0 saturated heterocycles. The fourth-order valence-corrected chi connectivity index (χ4v) is 7.19. The van der Waals surface area contributed by atoms with Crippen molar-refractivity contribution in [3.63, 3.8) is 0 Å². The number of fused-ring (bicyclic) bond motifs is 1. The lowest BCUT2D eigenvalue weighted by atomic mass is 10.0. The molecule has 3 aromatic carbocycles. The first-order chi connectivity index (χ1) is 23.9. The van der Waals surface area contributed by atoms with E-state index in [-0.39, 0.29) is 53.5 Å². The number of sulfonamides is 1. The quantitative estimate of drug-likeness (QED) is 0.110. The van der Waals surface area contributed by atoms with Crippen LogP contribution >= 0.6 is 24.0 Å². The zero-order chi connectivity index (χ0) is 36.3. The number of halogens is 2. The Hall–Kier alpha value is -4.01. The van der Waals surface area contributed by atoms with Gasteiger partial charge in [-0.05, 0) is 86.8 Å². The molecule has 0 aromatic heterocycles. The Morgan fingerprint density at radius 2 is 1.61 bits per heavy atom. The van der Waals surface area contributed by atoms with Crippen LogP contribution in [0.25, 0.3) is 0 Å². The molecule has 276 valence electrons. The van der Waals surface area contributed by atoms with Gasteiger partial charge in [0.05, 0.1) is 17.7 Å². The number of ether oxygens (including phenoxy) is 1. The molecule has 1 aliphatic carbocycles. The number of carboxylic acid groups (broad SMARTS) is 1. The second kappa shape index (κ2) is 19.6. The number of carbonyl (C=O) groups excluding carboxylic acids is 3. The van der Waals surface area contributed by atoms with E-state index in [9.17, 15) is 32.7 Å². The maximum atomic E-state index is 14.3. The van der Waals surface area contributed by atoms with Crippen LogP contribution in [0.15, 0.2) is 77.7 Å². The molecule has 12 nitrogen and oxygen atoms in total. The zero-order valence-corrected chi connectivity index (χ0v) is 30.6. The lowest BCUT2D eigenvalue weighted by Crippen LogP contribution is -2.56. The summed E-state index contributed by atoms with van der Waals surface area (Å²) in [6.45, 7) is 1.55. The van der Waals surface area contributed by atoms with Crippen LogP contribution in [0.4, 0.5) is 0 Å². The monoisotopic (exact) mass is 762 g/mol. The summed E-state index contributed by atoms with van der Waals surface area (Å²) in [5, 5.41) is 20.9. The van der Waals surface area contributed by atoms with Crippen molar-refractivity contribution in [2.45, 2.75) is 74.9 Å². The molecule has 0 fully saturated rings. The lowest BCUT2D eigenvalue weighted by Gasteiger charge is -2.33. The normalized spacial score (nSPS) is 13.7. The molecule has 5 N–H and O–H groups in total. The standard InChI is InChI=1S/C36H43ClN4O8S.ClH/c1-2-49-36(46)31(18-15-24-10-4-3-5-11-24)40-30(35(45)41(23-33(42)43)28-20-25-12-6-7-13-26(25)21-28)14-8-9-19-39-34(44)27-16-17-29(37)32(22-27)50(38,47)48;/h3-7,10-13,16-17,22,28,30-31,40H,2,8-9,14-15,18-21,23H2,1H3,(H,39,44)(H,42,43)(H2,38,47,48);1H/t30-,31-;/m0./s1. The van der Waals surface area contributed by atoms with Crippen LogP contribution in [0.1, 0.15) is 59.7 Å². The summed E-state index contributed by atoms with van der Waals surface area (Å²) in [7, 11) is -4.14. The van der Waals surface area contributed by atoms with Crippen molar-refractivity contribution in [1.29, 1.82) is 0 Å². The number of primary sulfonamides is 1. The minimum atomic E-state index is -4.14. The van der Waals surface area contributed by atoms with Gasteiger partial charge in [-0.25, -0.2) is 13.6 Å². The highest BCUT2D eigenvalue weighted by Crippen LogP contribution is 2.27. The fraction of sp³-hybridized carbons (Fsp3) is 0.389. The van der Waals surface area contributed by atoms with Crippen molar-refractivity contribution in [2.75, 3.05) is 19.7 Å². The van der Waals surface area contributed by atoms with E-state index < -0.39 is 52.4 Å². The first-order valence-corrected chi connectivity index (χ1v) is 18.5. The van der Waals surface area contributed by atoms with Crippen molar-refractivity contribution < 1.29 is 37.4 Å². The number of nitrogens with two attached hydrogens (primary N) is 1. The SMILES string of the molecule is CCOC(=O)[C@H](CCc1ccccc1)N[C@@H](CCCCNC(=O)c1ccc(Cl)c(S(N)(=O)=O)c1)C(=O)N(CC(=O)O)C1Cc2ccccc2C1.Cl. The number of aryl methyl sites for hydroxylation is 1. The topological polar surface area (TPSA) is 185 Å². The van der Waals surface area contributed by atoms with Crippen LogP contribution in [0.3, 0.4) is 0 Å². The maximum Gasteiger partial charge on any atom is 0.323 e. The second-order valence-corrected chi connectivity index (χ2v) is 14.1. The van der Waals surface area contributed by atoms with Crippen molar-refractivity contribution in [2.24, 2.45) is 5.14 Å². The first-order valence-electron chi connectivity index (χ1n) is 16.5. The second-order valence-electron chi connectivity index (χ2n) is 12.2. The molecule has 1 aliphatic rings. The smallest absolute Gasteiger partial charge is 0.323 e. The van der Waals surface area contributed by atoms with E-state index in [1.165, 1.54) is 17.0 Å². The van der Waals surface area contributed by atoms with Gasteiger partial charge in [-0.1, -0.05) is 66.2 Å². The van der Waals surface area contributed by atoms with Crippen molar-refractivity contribution >= 4 is 57.8 Å². The van der Waals surface area contributed by atoms with E-state index >= 15 is 0 Å². The molecule has 3 aromatic rings. The predicted molar refractivity (Wildman–Crippen MR) is 195 cm³/mol. The summed E-state index contributed by atoms with van der Waals surface area (Å²) < 4.78 is 29.0. The maximum absolute atomic E-state index is 14.3. The van der Waals surface area contributed by atoms with Crippen molar-refractivity contribution in [3.8, 4) is 0 Å². The predicted octanol–water partition coefficient (Wildman–Crippen LogP) is 3.91. The third-order valence-corrected chi connectivity index (χ3v) is 9.99. The molecular weight excluding hydrogens is 719 g/mol. The van der Waals surface area contributed by atoms with Crippen LogP contribution in [0, 0.1) is 0 Å². The van der Waals surface area contributed by atoms with Gasteiger partial charge < -0.3 is 20.1 Å². The molecule has 51 heavy (non-hydrogen) atoms. The molecular formula is C36H44Cl2N4O8S. The number of amides is 2. The first kappa shape index (κ1) is 41.4. The van der Waals surface area contributed by atoms with Gasteiger partial charge in [0.2, 0.25) is 15.9 Å². The number of hydrogen-bond donors (Lipinski definition) is 4. The highest BCUT2D eigenvalue weighted by atomic mass is 35.5. The van der Waals surface area contributed by atoms with Gasteiger partial charge in [-0.2, -0.15) is 0 Å². The molecule has 0 aliphatic heterocycles. The van der Waals surface area contributed by atoms with E-state index in [2.05, 4.69) is 10.6 Å². The van der Waals surface area contributed by atoms with Crippen LogP contribution in [-0.4, -0.2) is 80.0 Å². The Morgan fingerprint density at radius 3 is 2.22 bits per heavy atom. The van der Waals surface area contributed by atoms with E-state index in [0.717, 1.165) is 22.8 Å². The Kier molecular flexibility index (Phi) is 15.9. The van der Waals surface area contributed by atoms with Gasteiger partial charge >= 0.3 is 11.9 Å². The average molecular weight is 764 g/mol. The largest absolute Gasteiger partial charge is 0.480 e. The number of esters is 1. The lowest BCUT2D eigenvalue weighted by molar-refractivity contribution is -0.149. The Bertz CT molecular complexity index is 1750. The van der Waals surface area contributed by atoms with Crippen molar-refractivity contribution in [3.05, 3.63) is 100 Å². The number of carbonyl (C=O) groups is 4. The molecule has 0 spiro atoms. The van der Waals surface area contributed by atoms with E-state index in [0.29, 0.717) is 38.5 Å². The van der Waals surface area contributed by atoms with Gasteiger partial charge in [-0.3, -0.25) is 24.5 Å². The summed E-state index contributed by atoms with van der Waals surface area (Å²) in [4.78, 5) is 53.3.